The SMILES string of the molecule is COC(=O)C1C2CC3c4[nH]c5cc(OC)ccc5c4CCN3CC2CC(OC(=O)c2cc(OC)c(OC(=O)OCc3ccc(OC)cc3)c(OC)c2)C1OC. The first-order valence-electron chi connectivity index (χ1n) is 18.2. The van der Waals surface area contributed by atoms with E-state index in [9.17, 15) is 14.4 Å². The van der Waals surface area contributed by atoms with Gasteiger partial charge in [-0.2, -0.15) is 0 Å². The monoisotopic (exact) mass is 758 g/mol. The number of esters is 2. The van der Waals surface area contributed by atoms with Crippen molar-refractivity contribution >= 4 is 29.0 Å². The van der Waals surface area contributed by atoms with Gasteiger partial charge in [-0.1, -0.05) is 12.1 Å². The van der Waals surface area contributed by atoms with E-state index >= 15 is 0 Å². The van der Waals surface area contributed by atoms with E-state index in [1.807, 2.05) is 12.1 Å². The summed E-state index contributed by atoms with van der Waals surface area (Å²) in [6.45, 7) is 1.53. The van der Waals surface area contributed by atoms with Crippen LogP contribution < -0.4 is 23.7 Å². The lowest BCUT2D eigenvalue weighted by Crippen LogP contribution is -2.58. The smallest absolute Gasteiger partial charge is 0.497 e. The third-order valence-corrected chi connectivity index (χ3v) is 11.3. The second-order valence-electron chi connectivity index (χ2n) is 14.0. The van der Waals surface area contributed by atoms with Crippen molar-refractivity contribution in [3.8, 4) is 28.7 Å². The topological polar surface area (TPSA) is 153 Å². The molecule has 3 aromatic carbocycles. The minimum atomic E-state index is -0.999. The third kappa shape index (κ3) is 7.35. The number of piperidine rings is 1. The zero-order valence-electron chi connectivity index (χ0n) is 31.7. The number of H-pyrrole nitrogens is 1. The van der Waals surface area contributed by atoms with Crippen LogP contribution in [-0.2, 0) is 36.8 Å². The van der Waals surface area contributed by atoms with Gasteiger partial charge in [0.1, 0.15) is 30.3 Å². The highest BCUT2D eigenvalue weighted by Gasteiger charge is 2.54. The molecule has 3 heterocycles. The predicted molar refractivity (Wildman–Crippen MR) is 198 cm³/mol. The second kappa shape index (κ2) is 16.1. The number of carbonyl (C=O) groups excluding carboxylic acids is 3. The number of nitrogens with zero attached hydrogens (tertiary/aromatic N) is 1. The molecule has 55 heavy (non-hydrogen) atoms. The highest BCUT2D eigenvalue weighted by atomic mass is 16.7. The molecule has 4 aromatic rings. The normalized spacial score (nSPS) is 23.0. The standard InChI is InChI=1S/C41H46N2O12/c1-47-25-9-7-22(8-10-25)21-53-41(46)55-37-32(49-3)15-23(16-33(37)50-4)39(44)54-34-17-24-20-43-14-13-28-27-12-11-26(48-2)18-30(27)42-36(28)31(43)19-29(24)35(38(34)51-5)40(45)52-6/h7-12,15-16,18,24,29,31,34-35,38,42H,13-14,17,19-21H2,1-6H3. The fourth-order valence-corrected chi connectivity index (χ4v) is 8.64. The summed E-state index contributed by atoms with van der Waals surface area (Å²) in [4.78, 5) is 46.3. The predicted octanol–water partition coefficient (Wildman–Crippen LogP) is 5.89. The van der Waals surface area contributed by atoms with Gasteiger partial charge in [0, 0.05) is 42.9 Å². The molecule has 14 nitrogen and oxygen atoms in total. The molecule has 2 aliphatic heterocycles. The number of benzene rings is 3. The average Bonchev–Trinajstić information content (AvgIpc) is 3.59. The van der Waals surface area contributed by atoms with E-state index < -0.39 is 36.2 Å². The molecule has 0 amide bonds. The molecule has 292 valence electrons. The lowest BCUT2D eigenvalue weighted by Gasteiger charge is -2.52. The number of methoxy groups -OCH3 is 6. The highest BCUT2D eigenvalue weighted by Crippen LogP contribution is 2.51. The quantitative estimate of drug-likeness (QED) is 0.110. The van der Waals surface area contributed by atoms with Crippen molar-refractivity contribution in [3.05, 3.63) is 77.0 Å². The van der Waals surface area contributed by atoms with E-state index in [1.165, 1.54) is 57.2 Å². The van der Waals surface area contributed by atoms with Gasteiger partial charge in [-0.25, -0.2) is 9.59 Å². The van der Waals surface area contributed by atoms with Gasteiger partial charge in [0.2, 0.25) is 5.75 Å². The maximum absolute atomic E-state index is 13.9. The van der Waals surface area contributed by atoms with Gasteiger partial charge < -0.3 is 47.6 Å². The van der Waals surface area contributed by atoms with Crippen molar-refractivity contribution in [2.45, 2.75) is 44.1 Å². The van der Waals surface area contributed by atoms with Crippen molar-refractivity contribution in [1.82, 2.24) is 9.88 Å². The van der Waals surface area contributed by atoms with E-state index in [0.717, 1.165) is 29.8 Å². The van der Waals surface area contributed by atoms with Crippen LogP contribution in [0, 0.1) is 17.8 Å². The molecule has 0 spiro atoms. The van der Waals surface area contributed by atoms with Gasteiger partial charge in [-0.3, -0.25) is 9.69 Å². The molecule has 3 aliphatic rings. The van der Waals surface area contributed by atoms with Crippen molar-refractivity contribution in [2.24, 2.45) is 17.8 Å². The number of hydrogen-bond donors (Lipinski definition) is 1. The molecule has 1 saturated heterocycles. The zero-order valence-corrected chi connectivity index (χ0v) is 31.7. The summed E-state index contributed by atoms with van der Waals surface area (Å²) in [5.74, 6) is -0.344. The first kappa shape index (κ1) is 37.8. The number of carbonyl (C=O) groups is 3. The Morgan fingerprint density at radius 1 is 0.836 bits per heavy atom. The Labute approximate surface area is 318 Å². The Morgan fingerprint density at radius 3 is 2.20 bits per heavy atom. The summed E-state index contributed by atoms with van der Waals surface area (Å²) in [7, 11) is 8.85. The molecule has 1 aliphatic carbocycles. The molecule has 7 rings (SSSR count). The van der Waals surface area contributed by atoms with Gasteiger partial charge in [-0.15, -0.1) is 0 Å². The van der Waals surface area contributed by atoms with Crippen molar-refractivity contribution < 1.29 is 57.0 Å². The fourth-order valence-electron chi connectivity index (χ4n) is 8.64. The van der Waals surface area contributed by atoms with Crippen molar-refractivity contribution in [2.75, 3.05) is 55.7 Å². The number of ether oxygens (including phenoxy) is 9. The van der Waals surface area contributed by atoms with Gasteiger partial charge in [-0.05, 0) is 78.6 Å². The van der Waals surface area contributed by atoms with E-state index in [-0.39, 0.29) is 47.3 Å². The van der Waals surface area contributed by atoms with Crippen LogP contribution >= 0.6 is 0 Å². The molecule has 1 N–H and O–H groups in total. The first-order valence-corrected chi connectivity index (χ1v) is 18.2. The summed E-state index contributed by atoms with van der Waals surface area (Å²) in [6.07, 6.45) is -0.440. The lowest BCUT2D eigenvalue weighted by atomic mass is 9.63. The Balaban J connectivity index is 1.09. The van der Waals surface area contributed by atoms with Crippen LogP contribution in [0.3, 0.4) is 0 Å². The van der Waals surface area contributed by atoms with Gasteiger partial charge in [0.15, 0.2) is 11.5 Å². The van der Waals surface area contributed by atoms with Gasteiger partial charge >= 0.3 is 18.1 Å². The molecule has 14 heteroatoms. The Morgan fingerprint density at radius 2 is 1.55 bits per heavy atom. The molecule has 6 atom stereocenters. The summed E-state index contributed by atoms with van der Waals surface area (Å²) >= 11 is 0. The van der Waals surface area contributed by atoms with Gasteiger partial charge in [0.25, 0.3) is 0 Å². The molecular weight excluding hydrogens is 712 g/mol. The lowest BCUT2D eigenvalue weighted by molar-refractivity contribution is -0.176. The maximum Gasteiger partial charge on any atom is 0.514 e. The third-order valence-electron chi connectivity index (χ3n) is 11.3. The molecule has 0 bridgehead atoms. The zero-order chi connectivity index (χ0) is 38.8. The van der Waals surface area contributed by atoms with Crippen LogP contribution in [0.1, 0.15) is 46.1 Å². The molecule has 6 unspecified atom stereocenters. The van der Waals surface area contributed by atoms with E-state index in [4.69, 9.17) is 42.6 Å². The molecular formula is C41H46N2O12. The summed E-state index contributed by atoms with van der Waals surface area (Å²) in [5, 5.41) is 1.19. The Kier molecular flexibility index (Phi) is 11.1. The van der Waals surface area contributed by atoms with Crippen LogP contribution in [0.15, 0.2) is 54.6 Å². The maximum atomic E-state index is 13.9. The van der Waals surface area contributed by atoms with E-state index in [2.05, 4.69) is 16.0 Å². The summed E-state index contributed by atoms with van der Waals surface area (Å²) in [5.41, 5.74) is 4.30. The largest absolute Gasteiger partial charge is 0.514 e. The Bertz CT molecular complexity index is 2020. The van der Waals surface area contributed by atoms with E-state index in [0.29, 0.717) is 25.1 Å². The minimum absolute atomic E-state index is 0.0272. The number of nitrogens with one attached hydrogen (secondary N) is 1. The molecule has 2 fully saturated rings. The number of aromatic nitrogens is 1. The van der Waals surface area contributed by atoms with Crippen LogP contribution in [0.4, 0.5) is 4.79 Å². The number of hydrogen-bond acceptors (Lipinski definition) is 13. The fraction of sp³-hybridized carbons (Fsp3) is 0.439. The number of fused-ring (bicyclic) bond motifs is 6. The Hall–Kier alpha value is -5.47. The average molecular weight is 759 g/mol. The summed E-state index contributed by atoms with van der Waals surface area (Å²) in [6, 6.07) is 16.0. The van der Waals surface area contributed by atoms with Crippen LogP contribution in [0.2, 0.25) is 0 Å². The summed E-state index contributed by atoms with van der Waals surface area (Å²) < 4.78 is 49.9. The van der Waals surface area contributed by atoms with Crippen LogP contribution in [-0.4, -0.2) is 95.9 Å². The molecule has 0 radical (unpaired) electrons. The van der Waals surface area contributed by atoms with Crippen molar-refractivity contribution in [3.63, 3.8) is 0 Å². The minimum Gasteiger partial charge on any atom is -0.497 e. The van der Waals surface area contributed by atoms with Gasteiger partial charge in [0.05, 0.1) is 53.1 Å². The van der Waals surface area contributed by atoms with E-state index in [1.54, 1.807) is 38.5 Å². The molecule has 1 saturated carbocycles. The highest BCUT2D eigenvalue weighted by molar-refractivity contribution is 5.92. The van der Waals surface area contributed by atoms with Crippen molar-refractivity contribution in [1.29, 1.82) is 0 Å². The van der Waals surface area contributed by atoms with Crippen LogP contribution in [0.25, 0.3) is 10.9 Å². The second-order valence-corrected chi connectivity index (χ2v) is 14.0. The first-order chi connectivity index (χ1) is 26.7. The van der Waals surface area contributed by atoms with Crippen LogP contribution in [0.5, 0.6) is 28.7 Å². The molecule has 1 aromatic heterocycles. The number of rotatable bonds is 11. The number of aromatic amines is 1.